The van der Waals surface area contributed by atoms with E-state index in [0.29, 0.717) is 5.69 Å². The minimum absolute atomic E-state index is 0.194. The molecule has 1 aromatic carbocycles. The van der Waals surface area contributed by atoms with Gasteiger partial charge in [0.25, 0.3) is 0 Å². The largest absolute Gasteiger partial charge is 0.396 e. The lowest BCUT2D eigenvalue weighted by molar-refractivity contribution is 0.449. The molecule has 18 heavy (non-hydrogen) atoms. The summed E-state index contributed by atoms with van der Waals surface area (Å²) in [5, 5.41) is 2.53. The highest BCUT2D eigenvalue weighted by Crippen LogP contribution is 2.25. The van der Waals surface area contributed by atoms with Crippen LogP contribution >= 0.6 is 0 Å². The number of hydrogen-bond acceptors (Lipinski definition) is 3. The predicted octanol–water partition coefficient (Wildman–Crippen LogP) is 3.13. The molecule has 0 saturated heterocycles. The maximum atomic E-state index is 13.4. The molecule has 3 nitrogen and oxygen atoms in total. The zero-order chi connectivity index (χ0) is 13.3. The average Bonchev–Trinajstić information content (AvgIpc) is 2.34. The molecule has 0 aliphatic heterocycles. The average molecular weight is 253 g/mol. The minimum Gasteiger partial charge on any atom is -0.396 e. The number of nitrogens with zero attached hydrogens (tertiary/aromatic N) is 1. The van der Waals surface area contributed by atoms with E-state index >= 15 is 0 Å². The lowest BCUT2D eigenvalue weighted by Gasteiger charge is -2.10. The molecule has 0 unspecified atom stereocenters. The van der Waals surface area contributed by atoms with Gasteiger partial charge in [-0.3, -0.25) is 0 Å². The normalized spacial score (nSPS) is 10.4. The zero-order valence-electron chi connectivity index (χ0n) is 9.47. The Kier molecular flexibility index (Phi) is 3.10. The summed E-state index contributed by atoms with van der Waals surface area (Å²) >= 11 is 0. The smallest absolute Gasteiger partial charge is 0.196 e. The molecule has 0 atom stereocenters. The maximum Gasteiger partial charge on any atom is 0.196 e. The van der Waals surface area contributed by atoms with E-state index in [1.165, 1.54) is 0 Å². The molecule has 2 aromatic rings. The van der Waals surface area contributed by atoms with E-state index in [2.05, 4.69) is 10.3 Å². The van der Waals surface area contributed by atoms with Crippen molar-refractivity contribution in [1.82, 2.24) is 4.98 Å². The number of aryl methyl sites for hydroxylation is 1. The van der Waals surface area contributed by atoms with E-state index < -0.39 is 17.5 Å². The van der Waals surface area contributed by atoms with Crippen molar-refractivity contribution in [2.45, 2.75) is 6.92 Å². The van der Waals surface area contributed by atoms with Crippen molar-refractivity contribution in [2.24, 2.45) is 0 Å². The third kappa shape index (κ3) is 2.22. The van der Waals surface area contributed by atoms with Gasteiger partial charge < -0.3 is 11.1 Å². The molecule has 3 N–H and O–H groups in total. The van der Waals surface area contributed by atoms with Crippen LogP contribution in [0.5, 0.6) is 0 Å². The quantitative estimate of drug-likeness (QED) is 0.808. The first kappa shape index (κ1) is 12.2. The molecule has 1 heterocycles. The van der Waals surface area contributed by atoms with Gasteiger partial charge in [-0.1, -0.05) is 0 Å². The fourth-order valence-corrected chi connectivity index (χ4v) is 1.42. The Morgan fingerprint density at radius 3 is 2.50 bits per heavy atom. The number of benzene rings is 1. The standard InChI is InChI=1S/C12H10F3N3/c1-6-2-4-8(16)12(17-6)18-9-5-3-7(13)10(14)11(9)15/h2-5H,16H2,1H3,(H,17,18). The summed E-state index contributed by atoms with van der Waals surface area (Å²) in [6.07, 6.45) is 0. The lowest BCUT2D eigenvalue weighted by Crippen LogP contribution is -2.03. The van der Waals surface area contributed by atoms with Crippen molar-refractivity contribution in [3.05, 3.63) is 47.4 Å². The first-order valence-electron chi connectivity index (χ1n) is 5.12. The summed E-state index contributed by atoms with van der Waals surface area (Å²) in [6, 6.07) is 5.18. The van der Waals surface area contributed by atoms with Crippen LogP contribution in [0, 0.1) is 24.4 Å². The SMILES string of the molecule is Cc1ccc(N)c(Nc2ccc(F)c(F)c2F)n1. The second-order valence-corrected chi connectivity index (χ2v) is 3.74. The molecule has 0 amide bonds. The van der Waals surface area contributed by atoms with E-state index in [1.54, 1.807) is 19.1 Å². The third-order valence-corrected chi connectivity index (χ3v) is 2.35. The van der Waals surface area contributed by atoms with E-state index in [9.17, 15) is 13.2 Å². The maximum absolute atomic E-state index is 13.4. The Morgan fingerprint density at radius 1 is 1.06 bits per heavy atom. The van der Waals surface area contributed by atoms with Crippen molar-refractivity contribution >= 4 is 17.2 Å². The van der Waals surface area contributed by atoms with Crippen LogP contribution in [0.25, 0.3) is 0 Å². The van der Waals surface area contributed by atoms with Crippen LogP contribution < -0.4 is 11.1 Å². The van der Waals surface area contributed by atoms with Gasteiger partial charge in [0, 0.05) is 5.69 Å². The fourth-order valence-electron chi connectivity index (χ4n) is 1.42. The molecular weight excluding hydrogens is 243 g/mol. The summed E-state index contributed by atoms with van der Waals surface area (Å²) < 4.78 is 39.2. The highest BCUT2D eigenvalue weighted by Gasteiger charge is 2.14. The summed E-state index contributed by atoms with van der Waals surface area (Å²) in [6.45, 7) is 1.73. The molecule has 2 rings (SSSR count). The van der Waals surface area contributed by atoms with Crippen molar-refractivity contribution < 1.29 is 13.2 Å². The molecule has 0 fully saturated rings. The molecule has 0 radical (unpaired) electrons. The lowest BCUT2D eigenvalue weighted by atomic mass is 10.2. The Hall–Kier alpha value is -2.24. The number of rotatable bonds is 2. The van der Waals surface area contributed by atoms with Gasteiger partial charge in [0.15, 0.2) is 23.3 Å². The van der Waals surface area contributed by atoms with E-state index in [-0.39, 0.29) is 17.2 Å². The molecule has 0 bridgehead atoms. The monoisotopic (exact) mass is 253 g/mol. The van der Waals surface area contributed by atoms with Crippen LogP contribution in [0.2, 0.25) is 0 Å². The molecule has 94 valence electrons. The van der Waals surface area contributed by atoms with Gasteiger partial charge in [-0.15, -0.1) is 0 Å². The van der Waals surface area contributed by atoms with Gasteiger partial charge >= 0.3 is 0 Å². The van der Waals surface area contributed by atoms with Crippen LogP contribution in [0.15, 0.2) is 24.3 Å². The first-order valence-corrected chi connectivity index (χ1v) is 5.12. The number of anilines is 3. The second-order valence-electron chi connectivity index (χ2n) is 3.74. The van der Waals surface area contributed by atoms with Crippen molar-refractivity contribution in [3.63, 3.8) is 0 Å². The zero-order valence-corrected chi connectivity index (χ0v) is 9.47. The number of nitrogens with one attached hydrogen (secondary N) is 1. The minimum atomic E-state index is -1.54. The fraction of sp³-hybridized carbons (Fsp3) is 0.0833. The second kappa shape index (κ2) is 4.56. The molecule has 0 aliphatic rings. The molecule has 0 saturated carbocycles. The number of aromatic nitrogens is 1. The van der Waals surface area contributed by atoms with Gasteiger partial charge in [-0.25, -0.2) is 18.2 Å². The van der Waals surface area contributed by atoms with Crippen LogP contribution in [0.3, 0.4) is 0 Å². The third-order valence-electron chi connectivity index (χ3n) is 2.35. The molecule has 0 spiro atoms. The van der Waals surface area contributed by atoms with Crippen LogP contribution in [-0.4, -0.2) is 4.98 Å². The molecule has 6 heteroatoms. The summed E-state index contributed by atoms with van der Waals surface area (Å²) in [7, 11) is 0. The van der Waals surface area contributed by atoms with Crippen LogP contribution in [0.1, 0.15) is 5.69 Å². The van der Waals surface area contributed by atoms with Gasteiger partial charge in [-0.2, -0.15) is 0 Å². The summed E-state index contributed by atoms with van der Waals surface area (Å²) in [5.74, 6) is -3.90. The Labute approximate surface area is 101 Å². The number of hydrogen-bond donors (Lipinski definition) is 2. The van der Waals surface area contributed by atoms with E-state index in [1.807, 2.05) is 0 Å². The topological polar surface area (TPSA) is 50.9 Å². The predicted molar refractivity (Wildman–Crippen MR) is 63.0 cm³/mol. The van der Waals surface area contributed by atoms with Crippen molar-refractivity contribution in [1.29, 1.82) is 0 Å². The Morgan fingerprint density at radius 2 is 1.78 bits per heavy atom. The molecular formula is C12H10F3N3. The first-order chi connectivity index (χ1) is 8.49. The van der Waals surface area contributed by atoms with E-state index in [0.717, 1.165) is 12.1 Å². The molecule has 0 aliphatic carbocycles. The van der Waals surface area contributed by atoms with Gasteiger partial charge in [0.05, 0.1) is 11.4 Å². The number of halogens is 3. The van der Waals surface area contributed by atoms with Gasteiger partial charge in [0.2, 0.25) is 0 Å². The highest BCUT2D eigenvalue weighted by atomic mass is 19.2. The van der Waals surface area contributed by atoms with Gasteiger partial charge in [0.1, 0.15) is 0 Å². The van der Waals surface area contributed by atoms with E-state index in [4.69, 9.17) is 5.73 Å². The van der Waals surface area contributed by atoms with Gasteiger partial charge in [-0.05, 0) is 31.2 Å². The number of nitrogens with two attached hydrogens (primary N) is 1. The summed E-state index contributed by atoms with van der Waals surface area (Å²) in [5.41, 5.74) is 6.36. The Bertz CT molecular complexity index is 599. The number of pyridine rings is 1. The van der Waals surface area contributed by atoms with Crippen LogP contribution in [-0.2, 0) is 0 Å². The summed E-state index contributed by atoms with van der Waals surface area (Å²) in [4.78, 5) is 4.04. The Balaban J connectivity index is 2.40. The van der Waals surface area contributed by atoms with Crippen molar-refractivity contribution in [2.75, 3.05) is 11.1 Å². The molecule has 1 aromatic heterocycles. The number of nitrogen functional groups attached to an aromatic ring is 1. The van der Waals surface area contributed by atoms with Crippen molar-refractivity contribution in [3.8, 4) is 0 Å². The van der Waals surface area contributed by atoms with Crippen LogP contribution in [0.4, 0.5) is 30.4 Å². The highest BCUT2D eigenvalue weighted by molar-refractivity contribution is 5.69.